The van der Waals surface area contributed by atoms with Gasteiger partial charge in [0, 0.05) is 25.9 Å². The number of ether oxygens (including phenoxy) is 2. The molecule has 5 nitrogen and oxygen atoms in total. The quantitative estimate of drug-likeness (QED) is 0.847. The van der Waals surface area contributed by atoms with Gasteiger partial charge in [0.1, 0.15) is 5.75 Å². The lowest BCUT2D eigenvalue weighted by Gasteiger charge is -2.08. The minimum absolute atomic E-state index is 0.514. The zero-order valence-electron chi connectivity index (χ0n) is 12.1. The Morgan fingerprint density at radius 1 is 1.29 bits per heavy atom. The summed E-state index contributed by atoms with van der Waals surface area (Å²) in [5, 5.41) is 3.42. The standard InChI is InChI=1S/C16H19N3O2/c1-20-11-12-3-2-4-15(7-12)21-16-10-17-8-14(19-16)9-18-13-5-6-13/h2-4,7-8,10,13,18H,5-6,9,11H2,1H3. The van der Waals surface area contributed by atoms with E-state index in [0.717, 1.165) is 23.6 Å². The number of benzene rings is 1. The Hall–Kier alpha value is -1.98. The fourth-order valence-corrected chi connectivity index (χ4v) is 2.04. The average molecular weight is 285 g/mol. The van der Waals surface area contributed by atoms with Gasteiger partial charge in [0.2, 0.25) is 5.88 Å². The van der Waals surface area contributed by atoms with Crippen molar-refractivity contribution < 1.29 is 9.47 Å². The largest absolute Gasteiger partial charge is 0.437 e. The van der Waals surface area contributed by atoms with E-state index in [4.69, 9.17) is 9.47 Å². The number of hydrogen-bond acceptors (Lipinski definition) is 5. The van der Waals surface area contributed by atoms with Crippen molar-refractivity contribution in [1.29, 1.82) is 0 Å². The molecule has 1 fully saturated rings. The zero-order valence-corrected chi connectivity index (χ0v) is 12.1. The van der Waals surface area contributed by atoms with Crippen molar-refractivity contribution in [3.8, 4) is 11.6 Å². The van der Waals surface area contributed by atoms with Crippen LogP contribution in [-0.2, 0) is 17.9 Å². The lowest BCUT2D eigenvalue weighted by Crippen LogP contribution is -2.16. The molecular weight excluding hydrogens is 266 g/mol. The van der Waals surface area contributed by atoms with Crippen LogP contribution in [0, 0.1) is 0 Å². The van der Waals surface area contributed by atoms with E-state index >= 15 is 0 Å². The van der Waals surface area contributed by atoms with Crippen molar-refractivity contribution in [3.63, 3.8) is 0 Å². The van der Waals surface area contributed by atoms with Gasteiger partial charge in [-0.25, -0.2) is 4.98 Å². The molecule has 1 aliphatic carbocycles. The van der Waals surface area contributed by atoms with Crippen LogP contribution in [0.25, 0.3) is 0 Å². The van der Waals surface area contributed by atoms with Crippen molar-refractivity contribution in [1.82, 2.24) is 15.3 Å². The first-order chi connectivity index (χ1) is 10.3. The van der Waals surface area contributed by atoms with E-state index in [1.165, 1.54) is 12.8 Å². The molecule has 2 aromatic rings. The maximum Gasteiger partial charge on any atom is 0.238 e. The molecule has 0 amide bonds. The van der Waals surface area contributed by atoms with Gasteiger partial charge in [-0.2, -0.15) is 0 Å². The summed E-state index contributed by atoms with van der Waals surface area (Å²) >= 11 is 0. The van der Waals surface area contributed by atoms with Gasteiger partial charge in [-0.15, -0.1) is 0 Å². The third-order valence-corrected chi connectivity index (χ3v) is 3.24. The molecule has 1 aromatic heterocycles. The summed E-state index contributed by atoms with van der Waals surface area (Å²) in [6, 6.07) is 8.44. The molecule has 0 aliphatic heterocycles. The molecule has 0 saturated heterocycles. The lowest BCUT2D eigenvalue weighted by atomic mass is 10.2. The Morgan fingerprint density at radius 3 is 3.00 bits per heavy atom. The van der Waals surface area contributed by atoms with Gasteiger partial charge >= 0.3 is 0 Å². The summed E-state index contributed by atoms with van der Waals surface area (Å²) in [5.41, 5.74) is 1.96. The highest BCUT2D eigenvalue weighted by Crippen LogP contribution is 2.21. The highest BCUT2D eigenvalue weighted by atomic mass is 16.5. The van der Waals surface area contributed by atoms with E-state index < -0.39 is 0 Å². The Labute approximate surface area is 124 Å². The fraction of sp³-hybridized carbons (Fsp3) is 0.375. The Kier molecular flexibility index (Phi) is 4.43. The van der Waals surface area contributed by atoms with Crippen LogP contribution in [0.1, 0.15) is 24.1 Å². The van der Waals surface area contributed by atoms with Crippen molar-refractivity contribution in [2.75, 3.05) is 7.11 Å². The average Bonchev–Trinajstić information content (AvgIpc) is 3.31. The molecule has 3 rings (SSSR count). The first-order valence-corrected chi connectivity index (χ1v) is 7.13. The summed E-state index contributed by atoms with van der Waals surface area (Å²) in [7, 11) is 1.68. The molecular formula is C16H19N3O2. The Morgan fingerprint density at radius 2 is 2.19 bits per heavy atom. The Balaban J connectivity index is 1.65. The molecule has 5 heteroatoms. The molecule has 110 valence electrons. The number of nitrogens with one attached hydrogen (secondary N) is 1. The maximum atomic E-state index is 5.77. The van der Waals surface area contributed by atoms with Crippen molar-refractivity contribution >= 4 is 0 Å². The molecule has 0 spiro atoms. The predicted molar refractivity (Wildman–Crippen MR) is 79.1 cm³/mol. The van der Waals surface area contributed by atoms with Gasteiger partial charge in [-0.3, -0.25) is 4.98 Å². The normalized spacial score (nSPS) is 14.1. The van der Waals surface area contributed by atoms with Crippen LogP contribution in [0.15, 0.2) is 36.7 Å². The highest BCUT2D eigenvalue weighted by Gasteiger charge is 2.20. The smallest absolute Gasteiger partial charge is 0.238 e. The maximum absolute atomic E-state index is 5.77. The van der Waals surface area contributed by atoms with E-state index in [0.29, 0.717) is 18.5 Å². The first kappa shape index (κ1) is 14.0. The third-order valence-electron chi connectivity index (χ3n) is 3.24. The second-order valence-corrected chi connectivity index (χ2v) is 5.19. The van der Waals surface area contributed by atoms with Crippen LogP contribution in [0.3, 0.4) is 0 Å². The minimum Gasteiger partial charge on any atom is -0.437 e. The van der Waals surface area contributed by atoms with Gasteiger partial charge in [0.25, 0.3) is 0 Å². The highest BCUT2D eigenvalue weighted by molar-refractivity contribution is 5.31. The van der Waals surface area contributed by atoms with Gasteiger partial charge in [-0.1, -0.05) is 12.1 Å². The number of hydrogen-bond donors (Lipinski definition) is 1. The third kappa shape index (κ3) is 4.24. The molecule has 1 N–H and O–H groups in total. The Bertz CT molecular complexity index is 600. The number of methoxy groups -OCH3 is 1. The molecule has 0 unspecified atom stereocenters. The summed E-state index contributed by atoms with van der Waals surface area (Å²) < 4.78 is 10.9. The van der Waals surface area contributed by atoms with E-state index in [-0.39, 0.29) is 0 Å². The van der Waals surface area contributed by atoms with Crippen LogP contribution in [0.5, 0.6) is 11.6 Å². The summed E-state index contributed by atoms with van der Waals surface area (Å²) in [6.45, 7) is 1.30. The van der Waals surface area contributed by atoms with E-state index in [1.807, 2.05) is 24.3 Å². The van der Waals surface area contributed by atoms with Crippen LogP contribution >= 0.6 is 0 Å². The van der Waals surface area contributed by atoms with Crippen molar-refractivity contribution in [2.45, 2.75) is 32.0 Å². The van der Waals surface area contributed by atoms with Gasteiger partial charge in [0.15, 0.2) is 0 Å². The van der Waals surface area contributed by atoms with E-state index in [2.05, 4.69) is 15.3 Å². The minimum atomic E-state index is 0.514. The predicted octanol–water partition coefficient (Wildman–Crippen LogP) is 2.67. The van der Waals surface area contributed by atoms with Gasteiger partial charge < -0.3 is 14.8 Å². The fourth-order valence-electron chi connectivity index (χ4n) is 2.04. The van der Waals surface area contributed by atoms with Gasteiger partial charge in [-0.05, 0) is 30.5 Å². The van der Waals surface area contributed by atoms with Crippen LogP contribution in [0.4, 0.5) is 0 Å². The van der Waals surface area contributed by atoms with E-state index in [9.17, 15) is 0 Å². The molecule has 1 aliphatic rings. The molecule has 1 saturated carbocycles. The second kappa shape index (κ2) is 6.65. The zero-order chi connectivity index (χ0) is 14.5. The van der Waals surface area contributed by atoms with Gasteiger partial charge in [0.05, 0.1) is 18.5 Å². The summed E-state index contributed by atoms with van der Waals surface area (Å²) in [5.74, 6) is 1.26. The SMILES string of the molecule is COCc1cccc(Oc2cncc(CNC3CC3)n2)c1. The summed E-state index contributed by atoms with van der Waals surface area (Å²) in [4.78, 5) is 8.65. The summed E-state index contributed by atoms with van der Waals surface area (Å²) in [6.07, 6.45) is 5.92. The lowest BCUT2D eigenvalue weighted by molar-refractivity contribution is 0.184. The molecule has 21 heavy (non-hydrogen) atoms. The number of rotatable bonds is 7. The second-order valence-electron chi connectivity index (χ2n) is 5.19. The van der Waals surface area contributed by atoms with Crippen LogP contribution in [0.2, 0.25) is 0 Å². The molecule has 0 bridgehead atoms. The molecule has 1 heterocycles. The van der Waals surface area contributed by atoms with Crippen LogP contribution < -0.4 is 10.1 Å². The van der Waals surface area contributed by atoms with Crippen molar-refractivity contribution in [2.24, 2.45) is 0 Å². The van der Waals surface area contributed by atoms with E-state index in [1.54, 1.807) is 19.5 Å². The molecule has 0 radical (unpaired) electrons. The topological polar surface area (TPSA) is 56.3 Å². The van der Waals surface area contributed by atoms with Crippen molar-refractivity contribution in [3.05, 3.63) is 47.9 Å². The van der Waals surface area contributed by atoms with Crippen LogP contribution in [-0.4, -0.2) is 23.1 Å². The first-order valence-electron chi connectivity index (χ1n) is 7.13. The molecule has 1 aromatic carbocycles. The monoisotopic (exact) mass is 285 g/mol. The molecule has 0 atom stereocenters. The number of nitrogens with zero attached hydrogens (tertiary/aromatic N) is 2. The number of aromatic nitrogens is 2.